The normalized spacial score (nSPS) is 12.0. The molecule has 0 bridgehead atoms. The highest BCUT2D eigenvalue weighted by Gasteiger charge is 2.27. The standard InChI is InChI=1S/C24H32ClN3O5S/c1-5-26-24(30)18(2)27(17-19-11-6-7-12-20(19)25)23(29)15-10-16-28(34(4,31)32)21-13-8-9-14-22(21)33-3/h6-9,11-14,18H,5,10,15-17H2,1-4H3,(H,26,30)/t18-/m0/s1. The summed E-state index contributed by atoms with van der Waals surface area (Å²) in [5, 5.41) is 3.24. The van der Waals surface area contributed by atoms with E-state index >= 15 is 0 Å². The van der Waals surface area contributed by atoms with Crippen molar-refractivity contribution < 1.29 is 22.7 Å². The van der Waals surface area contributed by atoms with Crippen molar-refractivity contribution in [2.45, 2.75) is 39.3 Å². The molecule has 2 rings (SSSR count). The van der Waals surface area contributed by atoms with E-state index in [1.54, 1.807) is 49.4 Å². The number of anilines is 1. The van der Waals surface area contributed by atoms with Crippen LogP contribution in [0, 0.1) is 0 Å². The van der Waals surface area contributed by atoms with Gasteiger partial charge in [0.2, 0.25) is 21.8 Å². The number of methoxy groups -OCH3 is 1. The van der Waals surface area contributed by atoms with Crippen LogP contribution in [0.5, 0.6) is 5.75 Å². The van der Waals surface area contributed by atoms with Crippen LogP contribution in [0.2, 0.25) is 5.02 Å². The Morgan fingerprint density at radius 2 is 1.76 bits per heavy atom. The van der Waals surface area contributed by atoms with E-state index in [2.05, 4.69) is 5.32 Å². The van der Waals surface area contributed by atoms with Crippen LogP contribution in [0.1, 0.15) is 32.3 Å². The summed E-state index contributed by atoms with van der Waals surface area (Å²) in [4.78, 5) is 27.2. The molecule has 2 amide bonds. The lowest BCUT2D eigenvalue weighted by atomic mass is 10.1. The number of para-hydroxylation sites is 2. The van der Waals surface area contributed by atoms with Crippen LogP contribution >= 0.6 is 11.6 Å². The van der Waals surface area contributed by atoms with Crippen LogP contribution in [-0.2, 0) is 26.2 Å². The van der Waals surface area contributed by atoms with Crippen LogP contribution < -0.4 is 14.4 Å². The van der Waals surface area contributed by atoms with Crippen LogP contribution in [0.3, 0.4) is 0 Å². The zero-order chi connectivity index (χ0) is 25.3. The zero-order valence-corrected chi connectivity index (χ0v) is 21.5. The predicted molar refractivity (Wildman–Crippen MR) is 135 cm³/mol. The highest BCUT2D eigenvalue weighted by molar-refractivity contribution is 7.92. The molecule has 2 aromatic rings. The molecule has 0 saturated carbocycles. The number of likely N-dealkylation sites (N-methyl/N-ethyl adjacent to an activating group) is 1. The first-order valence-electron chi connectivity index (χ1n) is 11.0. The number of benzene rings is 2. The molecule has 0 spiro atoms. The molecule has 0 radical (unpaired) electrons. The number of hydrogen-bond acceptors (Lipinski definition) is 5. The van der Waals surface area contributed by atoms with Gasteiger partial charge in [0.1, 0.15) is 11.8 Å². The molecule has 8 nitrogen and oxygen atoms in total. The van der Waals surface area contributed by atoms with Crippen molar-refractivity contribution in [1.29, 1.82) is 0 Å². The molecular formula is C24H32ClN3O5S. The summed E-state index contributed by atoms with van der Waals surface area (Å²) < 4.78 is 31.5. The first kappa shape index (κ1) is 27.5. The zero-order valence-electron chi connectivity index (χ0n) is 20.0. The molecule has 0 aromatic heterocycles. The summed E-state index contributed by atoms with van der Waals surface area (Å²) in [5.41, 5.74) is 1.13. The van der Waals surface area contributed by atoms with Gasteiger partial charge in [0.15, 0.2) is 0 Å². The van der Waals surface area contributed by atoms with E-state index in [1.807, 2.05) is 13.0 Å². The van der Waals surface area contributed by atoms with E-state index in [4.69, 9.17) is 16.3 Å². The van der Waals surface area contributed by atoms with Gasteiger partial charge in [-0.2, -0.15) is 0 Å². The highest BCUT2D eigenvalue weighted by Crippen LogP contribution is 2.30. The number of carbonyl (C=O) groups excluding carboxylic acids is 2. The van der Waals surface area contributed by atoms with Crippen molar-refractivity contribution in [2.24, 2.45) is 0 Å². The molecule has 10 heteroatoms. The Balaban J connectivity index is 2.20. The molecule has 0 fully saturated rings. The lowest BCUT2D eigenvalue weighted by Crippen LogP contribution is -2.47. The molecule has 1 N–H and O–H groups in total. The largest absolute Gasteiger partial charge is 0.495 e. The molecule has 2 aromatic carbocycles. The number of halogens is 1. The number of hydrogen-bond donors (Lipinski definition) is 1. The average Bonchev–Trinajstić information content (AvgIpc) is 2.80. The maximum Gasteiger partial charge on any atom is 0.242 e. The second-order valence-electron chi connectivity index (χ2n) is 7.79. The molecule has 0 aliphatic rings. The summed E-state index contributed by atoms with van der Waals surface area (Å²) in [6, 6.07) is 13.2. The molecule has 0 saturated heterocycles. The van der Waals surface area contributed by atoms with Crippen LogP contribution in [0.25, 0.3) is 0 Å². The molecule has 0 aliphatic carbocycles. The fourth-order valence-electron chi connectivity index (χ4n) is 3.53. The summed E-state index contributed by atoms with van der Waals surface area (Å²) in [6.07, 6.45) is 1.42. The van der Waals surface area contributed by atoms with Crippen molar-refractivity contribution in [3.63, 3.8) is 0 Å². The number of rotatable bonds is 12. The molecule has 1 atom stereocenters. The summed E-state index contributed by atoms with van der Waals surface area (Å²) in [7, 11) is -2.14. The van der Waals surface area contributed by atoms with Gasteiger partial charge in [-0.15, -0.1) is 0 Å². The number of carbonyl (C=O) groups is 2. The van der Waals surface area contributed by atoms with Gasteiger partial charge in [0.25, 0.3) is 0 Å². The van der Waals surface area contributed by atoms with Crippen molar-refractivity contribution in [3.8, 4) is 5.75 Å². The van der Waals surface area contributed by atoms with E-state index < -0.39 is 16.1 Å². The second-order valence-corrected chi connectivity index (χ2v) is 10.1. The van der Waals surface area contributed by atoms with Crippen LogP contribution in [0.15, 0.2) is 48.5 Å². The van der Waals surface area contributed by atoms with E-state index in [1.165, 1.54) is 16.3 Å². The topological polar surface area (TPSA) is 96.0 Å². The minimum absolute atomic E-state index is 0.0510. The van der Waals surface area contributed by atoms with Crippen LogP contribution in [0.4, 0.5) is 5.69 Å². The van der Waals surface area contributed by atoms with Crippen molar-refractivity contribution in [3.05, 3.63) is 59.1 Å². The number of amides is 2. The SMILES string of the molecule is CCNC(=O)[C@H](C)N(Cc1ccccc1Cl)C(=O)CCCN(c1ccccc1OC)S(C)(=O)=O. The van der Waals surface area contributed by atoms with Crippen LogP contribution in [-0.4, -0.2) is 57.6 Å². The first-order chi connectivity index (χ1) is 16.1. The number of nitrogens with zero attached hydrogens (tertiary/aromatic N) is 2. The Morgan fingerprint density at radius 1 is 1.12 bits per heavy atom. The van der Waals surface area contributed by atoms with Gasteiger partial charge in [0.05, 0.1) is 19.1 Å². The maximum absolute atomic E-state index is 13.2. The van der Waals surface area contributed by atoms with E-state index in [-0.39, 0.29) is 37.7 Å². The molecular weight excluding hydrogens is 478 g/mol. The summed E-state index contributed by atoms with van der Waals surface area (Å²) >= 11 is 6.29. The fourth-order valence-corrected chi connectivity index (χ4v) is 4.70. The lowest BCUT2D eigenvalue weighted by molar-refractivity contribution is -0.140. The third-order valence-corrected chi connectivity index (χ3v) is 6.87. The average molecular weight is 510 g/mol. The third-order valence-electron chi connectivity index (χ3n) is 5.32. The Morgan fingerprint density at radius 3 is 2.38 bits per heavy atom. The van der Waals surface area contributed by atoms with Gasteiger partial charge in [0, 0.05) is 31.1 Å². The molecule has 0 aliphatic heterocycles. The number of sulfonamides is 1. The van der Waals surface area contributed by atoms with Gasteiger partial charge in [-0.25, -0.2) is 8.42 Å². The van der Waals surface area contributed by atoms with Gasteiger partial charge >= 0.3 is 0 Å². The Hall–Kier alpha value is -2.78. The molecule has 0 unspecified atom stereocenters. The van der Waals surface area contributed by atoms with E-state index in [9.17, 15) is 18.0 Å². The highest BCUT2D eigenvalue weighted by atomic mass is 35.5. The quantitative estimate of drug-likeness (QED) is 0.472. The molecule has 34 heavy (non-hydrogen) atoms. The van der Waals surface area contributed by atoms with E-state index in [0.29, 0.717) is 23.0 Å². The van der Waals surface area contributed by atoms with Crippen molar-refractivity contribution in [1.82, 2.24) is 10.2 Å². The monoisotopic (exact) mass is 509 g/mol. The maximum atomic E-state index is 13.2. The Bertz CT molecular complexity index is 1090. The Kier molecular flexibility index (Phi) is 10.2. The minimum Gasteiger partial charge on any atom is -0.495 e. The van der Waals surface area contributed by atoms with Crippen molar-refractivity contribution in [2.75, 3.05) is 30.8 Å². The molecule has 186 valence electrons. The third kappa shape index (κ3) is 7.36. The number of ether oxygens (including phenoxy) is 1. The first-order valence-corrected chi connectivity index (χ1v) is 13.2. The second kappa shape index (κ2) is 12.6. The van der Waals surface area contributed by atoms with Gasteiger partial charge in [-0.1, -0.05) is 41.9 Å². The number of nitrogens with one attached hydrogen (secondary N) is 1. The van der Waals surface area contributed by atoms with Gasteiger partial charge in [-0.05, 0) is 44.0 Å². The Labute approximate surface area is 206 Å². The smallest absolute Gasteiger partial charge is 0.242 e. The van der Waals surface area contributed by atoms with Gasteiger partial charge < -0.3 is 15.0 Å². The van der Waals surface area contributed by atoms with Gasteiger partial charge in [-0.3, -0.25) is 13.9 Å². The predicted octanol–water partition coefficient (Wildman–Crippen LogP) is 3.45. The van der Waals surface area contributed by atoms with E-state index in [0.717, 1.165) is 11.8 Å². The lowest BCUT2D eigenvalue weighted by Gasteiger charge is -2.29. The fraction of sp³-hybridized carbons (Fsp3) is 0.417. The minimum atomic E-state index is -3.61. The van der Waals surface area contributed by atoms with Crippen molar-refractivity contribution >= 4 is 39.1 Å². The summed E-state index contributed by atoms with van der Waals surface area (Å²) in [6.45, 7) is 4.17. The molecule has 0 heterocycles. The summed E-state index contributed by atoms with van der Waals surface area (Å²) in [5.74, 6) is -0.119.